The molecule has 4 aromatic rings. The molecule has 0 atom stereocenters. The maximum atomic E-state index is 14.9. The largest absolute Gasteiger partial charge is 0.367 e. The molecule has 0 amide bonds. The quantitative estimate of drug-likeness (QED) is 0.396. The summed E-state index contributed by atoms with van der Waals surface area (Å²) in [6, 6.07) is 20.3. The van der Waals surface area contributed by atoms with Crippen molar-refractivity contribution in [3.05, 3.63) is 89.5 Å². The Hall–Kier alpha value is -2.90. The Morgan fingerprint density at radius 2 is 1.62 bits per heavy atom. The molecule has 0 bridgehead atoms. The van der Waals surface area contributed by atoms with Crippen LogP contribution in [0.25, 0.3) is 11.0 Å². The first-order valence-electron chi connectivity index (χ1n) is 10.7. The number of aromatic amines is 1. The molecule has 0 aliphatic carbocycles. The molecule has 1 fully saturated rings. The number of anilines is 1. The Labute approximate surface area is 190 Å². The fraction of sp³-hybridized carbons (Fsp3) is 0.240. The van der Waals surface area contributed by atoms with Crippen molar-refractivity contribution in [1.29, 1.82) is 0 Å². The van der Waals surface area contributed by atoms with Crippen molar-refractivity contribution < 1.29 is 8.78 Å². The second-order valence-electron chi connectivity index (χ2n) is 8.03. The van der Waals surface area contributed by atoms with Gasteiger partial charge in [0.1, 0.15) is 11.6 Å². The van der Waals surface area contributed by atoms with Crippen LogP contribution in [0.3, 0.4) is 0 Å². The van der Waals surface area contributed by atoms with Gasteiger partial charge in [0.2, 0.25) is 0 Å². The molecule has 164 valence electrons. The molecule has 5 rings (SSSR count). The maximum absolute atomic E-state index is 14.9. The molecule has 0 spiro atoms. The van der Waals surface area contributed by atoms with Crippen molar-refractivity contribution in [2.75, 3.05) is 31.1 Å². The zero-order valence-electron chi connectivity index (χ0n) is 17.6. The zero-order chi connectivity index (χ0) is 21.9. The third-order valence-electron chi connectivity index (χ3n) is 5.78. The van der Waals surface area contributed by atoms with Crippen LogP contribution in [0.5, 0.6) is 0 Å². The van der Waals surface area contributed by atoms with E-state index in [4.69, 9.17) is 0 Å². The number of hydrogen-bond acceptors (Lipinski definition) is 4. The van der Waals surface area contributed by atoms with Crippen LogP contribution in [0.1, 0.15) is 11.1 Å². The summed E-state index contributed by atoms with van der Waals surface area (Å²) >= 11 is 1.52. The second-order valence-corrected chi connectivity index (χ2v) is 8.99. The van der Waals surface area contributed by atoms with E-state index in [-0.39, 0.29) is 11.6 Å². The summed E-state index contributed by atoms with van der Waals surface area (Å²) in [4.78, 5) is 12.3. The molecule has 1 N–H and O–H groups in total. The van der Waals surface area contributed by atoms with E-state index in [2.05, 4.69) is 44.0 Å². The van der Waals surface area contributed by atoms with E-state index in [0.717, 1.165) is 49.0 Å². The normalized spacial score (nSPS) is 14.9. The Kier molecular flexibility index (Phi) is 6.10. The molecule has 0 radical (unpaired) electrons. The third kappa shape index (κ3) is 4.79. The highest BCUT2D eigenvalue weighted by atomic mass is 32.2. The highest BCUT2D eigenvalue weighted by Crippen LogP contribution is 2.29. The lowest BCUT2D eigenvalue weighted by atomic mass is 10.2. The number of H-pyrrole nitrogens is 1. The van der Waals surface area contributed by atoms with Crippen LogP contribution >= 0.6 is 11.8 Å². The molecular formula is C25H24F2N4S. The number of nitrogens with one attached hydrogen (secondary N) is 1. The van der Waals surface area contributed by atoms with E-state index in [9.17, 15) is 8.78 Å². The predicted molar refractivity (Wildman–Crippen MR) is 126 cm³/mol. The number of fused-ring (bicyclic) bond motifs is 1. The van der Waals surface area contributed by atoms with Gasteiger partial charge in [-0.25, -0.2) is 13.8 Å². The van der Waals surface area contributed by atoms with Gasteiger partial charge in [0.05, 0.1) is 16.7 Å². The van der Waals surface area contributed by atoms with E-state index in [1.54, 1.807) is 12.1 Å². The molecule has 1 aromatic heterocycles. The van der Waals surface area contributed by atoms with E-state index in [1.165, 1.54) is 35.5 Å². The number of hydrogen-bond donors (Lipinski definition) is 1. The maximum Gasteiger partial charge on any atom is 0.166 e. The SMILES string of the molecule is Fc1ccc(CSc2nc3cc(N4CCN(Cc5ccccc5)CC4)c(F)cc3[nH]2)cc1. The van der Waals surface area contributed by atoms with Gasteiger partial charge in [-0.2, -0.15) is 0 Å². The molecular weight excluding hydrogens is 426 g/mol. The van der Waals surface area contributed by atoms with Gasteiger partial charge < -0.3 is 9.88 Å². The van der Waals surface area contributed by atoms with Crippen molar-refractivity contribution in [2.45, 2.75) is 17.5 Å². The summed E-state index contributed by atoms with van der Waals surface area (Å²) in [6.07, 6.45) is 0. The van der Waals surface area contributed by atoms with Crippen LogP contribution in [0.4, 0.5) is 14.5 Å². The number of nitrogens with zero attached hydrogens (tertiary/aromatic N) is 3. The summed E-state index contributed by atoms with van der Waals surface area (Å²) in [6.45, 7) is 4.28. The molecule has 1 saturated heterocycles. The van der Waals surface area contributed by atoms with Gasteiger partial charge >= 0.3 is 0 Å². The standard InChI is InChI=1S/C25H24F2N4S/c26-20-8-6-19(7-9-20)17-32-25-28-22-14-21(27)24(15-23(22)29-25)31-12-10-30(11-13-31)16-18-4-2-1-3-5-18/h1-9,14-15H,10-13,16-17H2,(H,28,29). The van der Waals surface area contributed by atoms with Crippen molar-refractivity contribution in [1.82, 2.24) is 14.9 Å². The van der Waals surface area contributed by atoms with E-state index < -0.39 is 0 Å². The number of benzene rings is 3. The third-order valence-corrected chi connectivity index (χ3v) is 6.72. The average molecular weight is 451 g/mol. The first-order chi connectivity index (χ1) is 15.6. The van der Waals surface area contributed by atoms with Gasteiger partial charge in [0.15, 0.2) is 5.16 Å². The van der Waals surface area contributed by atoms with Crippen molar-refractivity contribution in [2.24, 2.45) is 0 Å². The minimum absolute atomic E-state index is 0.229. The summed E-state index contributed by atoms with van der Waals surface area (Å²) in [5.74, 6) is 0.192. The molecule has 3 aromatic carbocycles. The molecule has 0 saturated carbocycles. The summed E-state index contributed by atoms with van der Waals surface area (Å²) in [5, 5.41) is 0.730. The fourth-order valence-corrected chi connectivity index (χ4v) is 4.87. The lowest BCUT2D eigenvalue weighted by molar-refractivity contribution is 0.249. The van der Waals surface area contributed by atoms with E-state index in [0.29, 0.717) is 17.0 Å². The van der Waals surface area contributed by atoms with Gasteiger partial charge in [0, 0.05) is 44.5 Å². The minimum atomic E-state index is -0.244. The van der Waals surface area contributed by atoms with Crippen LogP contribution in [0, 0.1) is 11.6 Å². The van der Waals surface area contributed by atoms with Crippen molar-refractivity contribution in [3.8, 4) is 0 Å². The predicted octanol–water partition coefficient (Wildman–Crippen LogP) is 5.46. The number of rotatable bonds is 6. The molecule has 2 heterocycles. The molecule has 4 nitrogen and oxygen atoms in total. The lowest BCUT2D eigenvalue weighted by Gasteiger charge is -2.36. The molecule has 1 aliphatic rings. The van der Waals surface area contributed by atoms with E-state index >= 15 is 0 Å². The number of piperazine rings is 1. The molecule has 32 heavy (non-hydrogen) atoms. The van der Waals surface area contributed by atoms with Crippen LogP contribution < -0.4 is 4.90 Å². The number of aromatic nitrogens is 2. The number of halogens is 2. The number of thioether (sulfide) groups is 1. The smallest absolute Gasteiger partial charge is 0.166 e. The van der Waals surface area contributed by atoms with Crippen molar-refractivity contribution in [3.63, 3.8) is 0 Å². The second kappa shape index (κ2) is 9.30. The van der Waals surface area contributed by atoms with Gasteiger partial charge in [-0.15, -0.1) is 0 Å². The van der Waals surface area contributed by atoms with Gasteiger partial charge in [-0.1, -0.05) is 54.2 Å². The van der Waals surface area contributed by atoms with Gasteiger partial charge in [-0.3, -0.25) is 4.90 Å². The topological polar surface area (TPSA) is 35.2 Å². The Balaban J connectivity index is 1.24. The first kappa shape index (κ1) is 21.0. The first-order valence-corrected chi connectivity index (χ1v) is 11.7. The molecule has 7 heteroatoms. The van der Waals surface area contributed by atoms with Crippen LogP contribution in [0.2, 0.25) is 0 Å². The number of imidazole rings is 1. The summed E-state index contributed by atoms with van der Waals surface area (Å²) in [7, 11) is 0. The zero-order valence-corrected chi connectivity index (χ0v) is 18.4. The Morgan fingerprint density at radius 1 is 0.875 bits per heavy atom. The summed E-state index contributed by atoms with van der Waals surface area (Å²) < 4.78 is 28.0. The Bertz CT molecular complexity index is 1190. The minimum Gasteiger partial charge on any atom is -0.367 e. The Morgan fingerprint density at radius 3 is 2.38 bits per heavy atom. The van der Waals surface area contributed by atoms with Crippen LogP contribution in [-0.2, 0) is 12.3 Å². The van der Waals surface area contributed by atoms with E-state index in [1.807, 2.05) is 12.1 Å². The highest BCUT2D eigenvalue weighted by molar-refractivity contribution is 7.98. The lowest BCUT2D eigenvalue weighted by Crippen LogP contribution is -2.46. The highest BCUT2D eigenvalue weighted by Gasteiger charge is 2.21. The van der Waals surface area contributed by atoms with Crippen LogP contribution in [-0.4, -0.2) is 41.0 Å². The fourth-order valence-electron chi connectivity index (χ4n) is 4.03. The van der Waals surface area contributed by atoms with Crippen LogP contribution in [0.15, 0.2) is 71.9 Å². The van der Waals surface area contributed by atoms with Gasteiger partial charge in [-0.05, 0) is 29.3 Å². The molecule has 0 unspecified atom stereocenters. The van der Waals surface area contributed by atoms with Crippen molar-refractivity contribution >= 4 is 28.5 Å². The average Bonchev–Trinajstić information content (AvgIpc) is 3.21. The summed E-state index contributed by atoms with van der Waals surface area (Å²) in [5.41, 5.74) is 4.37. The monoisotopic (exact) mass is 450 g/mol. The van der Waals surface area contributed by atoms with Gasteiger partial charge in [0.25, 0.3) is 0 Å². The molecule has 1 aliphatic heterocycles.